The number of hydrogen-bond donors (Lipinski definition) is 1. The number of nitrogens with zero attached hydrogens (tertiary/aromatic N) is 1. The maximum absolute atomic E-state index is 5.92. The van der Waals surface area contributed by atoms with Gasteiger partial charge in [0.2, 0.25) is 0 Å². The van der Waals surface area contributed by atoms with Gasteiger partial charge in [0.15, 0.2) is 5.75 Å². The van der Waals surface area contributed by atoms with Gasteiger partial charge in [-0.3, -0.25) is 4.98 Å². The van der Waals surface area contributed by atoms with E-state index in [1.165, 1.54) is 0 Å². The minimum Gasteiger partial charge on any atom is -0.486 e. The van der Waals surface area contributed by atoms with Gasteiger partial charge in [-0.2, -0.15) is 0 Å². The van der Waals surface area contributed by atoms with E-state index >= 15 is 0 Å². The molecule has 1 aromatic rings. The van der Waals surface area contributed by atoms with Gasteiger partial charge in [-0.15, -0.1) is 0 Å². The molecule has 1 aliphatic heterocycles. The predicted molar refractivity (Wildman–Crippen MR) is 51.1 cm³/mol. The van der Waals surface area contributed by atoms with Crippen LogP contribution in [-0.4, -0.2) is 24.2 Å². The summed E-state index contributed by atoms with van der Waals surface area (Å²) >= 11 is 5.92. The van der Waals surface area contributed by atoms with Crippen molar-refractivity contribution in [3.63, 3.8) is 0 Å². The lowest BCUT2D eigenvalue weighted by Gasteiger charge is -2.12. The monoisotopic (exact) mass is 198 g/mol. The van der Waals surface area contributed by atoms with Crippen molar-refractivity contribution in [3.05, 3.63) is 23.5 Å². The van der Waals surface area contributed by atoms with Gasteiger partial charge in [0, 0.05) is 12.7 Å². The fraction of sp³-hybridized carbons (Fsp3) is 0.444. The summed E-state index contributed by atoms with van der Waals surface area (Å²) in [4.78, 5) is 3.96. The molecule has 1 aliphatic rings. The summed E-state index contributed by atoms with van der Waals surface area (Å²) in [5.41, 5.74) is 0. The molecular weight excluding hydrogens is 188 g/mol. The first-order chi connectivity index (χ1) is 6.36. The normalized spacial score (nSPS) is 21.8. The number of aromatic nitrogens is 1. The molecule has 3 nitrogen and oxygen atoms in total. The van der Waals surface area contributed by atoms with Crippen molar-refractivity contribution in [2.45, 2.75) is 12.5 Å². The summed E-state index contributed by atoms with van der Waals surface area (Å²) in [6.07, 6.45) is 4.58. The zero-order valence-corrected chi connectivity index (χ0v) is 7.92. The summed E-state index contributed by atoms with van der Waals surface area (Å²) in [5, 5.41) is 3.85. The van der Waals surface area contributed by atoms with Crippen LogP contribution >= 0.6 is 11.6 Å². The second-order valence-electron chi connectivity index (χ2n) is 3.04. The molecule has 0 spiro atoms. The molecule has 1 N–H and O–H groups in total. The Morgan fingerprint density at radius 3 is 3.23 bits per heavy atom. The van der Waals surface area contributed by atoms with Crippen LogP contribution in [0.1, 0.15) is 6.42 Å². The average Bonchev–Trinajstić information content (AvgIpc) is 2.61. The van der Waals surface area contributed by atoms with E-state index in [4.69, 9.17) is 16.3 Å². The van der Waals surface area contributed by atoms with E-state index in [2.05, 4.69) is 10.3 Å². The van der Waals surface area contributed by atoms with Crippen molar-refractivity contribution in [2.24, 2.45) is 0 Å². The molecule has 1 saturated heterocycles. The first-order valence-corrected chi connectivity index (χ1v) is 4.71. The SMILES string of the molecule is Clc1ccncc1OC1CCNC1. The molecule has 0 aromatic carbocycles. The van der Waals surface area contributed by atoms with E-state index in [0.717, 1.165) is 19.5 Å². The maximum atomic E-state index is 5.92. The Bertz CT molecular complexity index is 287. The molecule has 1 aromatic heterocycles. The molecule has 1 unspecified atom stereocenters. The standard InChI is InChI=1S/C9H11ClN2O/c10-8-2-4-12-6-9(8)13-7-1-3-11-5-7/h2,4,6-7,11H,1,3,5H2. The number of hydrogen-bond acceptors (Lipinski definition) is 3. The van der Waals surface area contributed by atoms with Gasteiger partial charge in [0.25, 0.3) is 0 Å². The van der Waals surface area contributed by atoms with Gasteiger partial charge in [-0.1, -0.05) is 11.6 Å². The van der Waals surface area contributed by atoms with E-state index in [9.17, 15) is 0 Å². The zero-order valence-electron chi connectivity index (χ0n) is 7.16. The molecular formula is C9H11ClN2O. The van der Waals surface area contributed by atoms with E-state index in [0.29, 0.717) is 10.8 Å². The molecule has 2 rings (SSSR count). The molecule has 70 valence electrons. The van der Waals surface area contributed by atoms with Crippen molar-refractivity contribution in [1.29, 1.82) is 0 Å². The molecule has 2 heterocycles. The molecule has 13 heavy (non-hydrogen) atoms. The van der Waals surface area contributed by atoms with Crippen LogP contribution in [0.15, 0.2) is 18.5 Å². The summed E-state index contributed by atoms with van der Waals surface area (Å²) in [7, 11) is 0. The molecule has 1 fully saturated rings. The molecule has 0 radical (unpaired) electrons. The Kier molecular flexibility index (Phi) is 2.66. The van der Waals surface area contributed by atoms with Gasteiger partial charge in [0.1, 0.15) is 6.10 Å². The first kappa shape index (κ1) is 8.78. The van der Waals surface area contributed by atoms with Crippen LogP contribution < -0.4 is 10.1 Å². The maximum Gasteiger partial charge on any atom is 0.156 e. The van der Waals surface area contributed by atoms with Crippen LogP contribution in [0.25, 0.3) is 0 Å². The second kappa shape index (κ2) is 3.94. The summed E-state index contributed by atoms with van der Waals surface area (Å²) in [5.74, 6) is 0.679. The van der Waals surface area contributed by atoms with Crippen molar-refractivity contribution >= 4 is 11.6 Å². The molecule has 0 bridgehead atoms. The van der Waals surface area contributed by atoms with Gasteiger partial charge in [0.05, 0.1) is 11.2 Å². The lowest BCUT2D eigenvalue weighted by Crippen LogP contribution is -2.19. The van der Waals surface area contributed by atoms with Crippen molar-refractivity contribution in [1.82, 2.24) is 10.3 Å². The second-order valence-corrected chi connectivity index (χ2v) is 3.45. The van der Waals surface area contributed by atoms with E-state index < -0.39 is 0 Å². The third-order valence-electron chi connectivity index (χ3n) is 2.04. The summed E-state index contributed by atoms with van der Waals surface area (Å²) in [6.45, 7) is 1.91. The largest absolute Gasteiger partial charge is 0.486 e. The number of ether oxygens (including phenoxy) is 1. The van der Waals surface area contributed by atoms with Crippen LogP contribution in [0, 0.1) is 0 Å². The van der Waals surface area contributed by atoms with Crippen molar-refractivity contribution < 1.29 is 4.74 Å². The van der Waals surface area contributed by atoms with E-state index in [-0.39, 0.29) is 6.10 Å². The van der Waals surface area contributed by atoms with Gasteiger partial charge < -0.3 is 10.1 Å². The Balaban J connectivity index is 2.04. The zero-order chi connectivity index (χ0) is 9.10. The Morgan fingerprint density at radius 2 is 2.54 bits per heavy atom. The van der Waals surface area contributed by atoms with Crippen LogP contribution in [0.5, 0.6) is 5.75 Å². The minimum atomic E-state index is 0.238. The molecule has 0 aliphatic carbocycles. The number of pyridine rings is 1. The van der Waals surface area contributed by atoms with Crippen molar-refractivity contribution in [2.75, 3.05) is 13.1 Å². The van der Waals surface area contributed by atoms with Crippen LogP contribution in [0.3, 0.4) is 0 Å². The molecule has 0 saturated carbocycles. The van der Waals surface area contributed by atoms with E-state index in [1.54, 1.807) is 18.5 Å². The Morgan fingerprint density at radius 1 is 1.62 bits per heavy atom. The highest BCUT2D eigenvalue weighted by molar-refractivity contribution is 6.31. The third-order valence-corrected chi connectivity index (χ3v) is 2.36. The number of nitrogens with one attached hydrogen (secondary N) is 1. The summed E-state index contributed by atoms with van der Waals surface area (Å²) < 4.78 is 5.65. The summed E-state index contributed by atoms with van der Waals surface area (Å²) in [6, 6.07) is 1.74. The van der Waals surface area contributed by atoms with E-state index in [1.807, 2.05) is 0 Å². The Hall–Kier alpha value is -0.800. The lowest BCUT2D eigenvalue weighted by atomic mass is 10.3. The fourth-order valence-electron chi connectivity index (χ4n) is 1.36. The van der Waals surface area contributed by atoms with Crippen LogP contribution in [0.4, 0.5) is 0 Å². The lowest BCUT2D eigenvalue weighted by molar-refractivity contribution is 0.222. The van der Waals surface area contributed by atoms with Crippen LogP contribution in [-0.2, 0) is 0 Å². The van der Waals surface area contributed by atoms with Crippen molar-refractivity contribution in [3.8, 4) is 5.75 Å². The highest BCUT2D eigenvalue weighted by atomic mass is 35.5. The first-order valence-electron chi connectivity index (χ1n) is 4.33. The fourth-order valence-corrected chi connectivity index (χ4v) is 1.51. The quantitative estimate of drug-likeness (QED) is 0.782. The van der Waals surface area contributed by atoms with Crippen LogP contribution in [0.2, 0.25) is 5.02 Å². The van der Waals surface area contributed by atoms with Gasteiger partial charge in [-0.05, 0) is 19.0 Å². The highest BCUT2D eigenvalue weighted by Gasteiger charge is 2.16. The number of halogens is 1. The minimum absolute atomic E-state index is 0.238. The highest BCUT2D eigenvalue weighted by Crippen LogP contribution is 2.23. The topological polar surface area (TPSA) is 34.1 Å². The Labute approximate surface area is 82.1 Å². The average molecular weight is 199 g/mol. The number of rotatable bonds is 2. The molecule has 0 amide bonds. The predicted octanol–water partition coefficient (Wildman–Crippen LogP) is 1.48. The van der Waals surface area contributed by atoms with Gasteiger partial charge in [-0.25, -0.2) is 0 Å². The molecule has 1 atom stereocenters. The molecule has 4 heteroatoms. The van der Waals surface area contributed by atoms with Gasteiger partial charge >= 0.3 is 0 Å². The smallest absolute Gasteiger partial charge is 0.156 e. The third kappa shape index (κ3) is 2.11.